The third kappa shape index (κ3) is 2.19. The summed E-state index contributed by atoms with van der Waals surface area (Å²) in [6.45, 7) is 4.52. The monoisotopic (exact) mass is 247 g/mol. The summed E-state index contributed by atoms with van der Waals surface area (Å²) in [5.41, 5.74) is 8.58. The van der Waals surface area contributed by atoms with Gasteiger partial charge in [0, 0.05) is 18.4 Å². The Morgan fingerprint density at radius 2 is 2.22 bits per heavy atom. The lowest BCUT2D eigenvalue weighted by Crippen LogP contribution is -2.14. The molecular weight excluding hydrogens is 230 g/mol. The summed E-state index contributed by atoms with van der Waals surface area (Å²) in [5.74, 6) is 0.712. The first-order valence-electron chi connectivity index (χ1n) is 5.77. The fourth-order valence-electron chi connectivity index (χ4n) is 1.88. The number of nitrogen functional groups attached to an aromatic ring is 1. The van der Waals surface area contributed by atoms with Gasteiger partial charge in [-0.25, -0.2) is 4.68 Å². The largest absolute Gasteiger partial charge is 0.398 e. The lowest BCUT2D eigenvalue weighted by atomic mass is 10.1. The molecule has 2 aromatic rings. The van der Waals surface area contributed by atoms with E-state index in [0.29, 0.717) is 12.4 Å². The van der Waals surface area contributed by atoms with Gasteiger partial charge in [0.25, 0.3) is 0 Å². The molecule has 0 saturated carbocycles. The van der Waals surface area contributed by atoms with Crippen LogP contribution < -0.4 is 5.73 Å². The van der Waals surface area contributed by atoms with Crippen molar-refractivity contribution in [3.8, 4) is 11.4 Å². The Morgan fingerprint density at radius 3 is 2.94 bits per heavy atom. The number of methoxy groups -OCH3 is 1. The maximum atomic E-state index is 5.91. The van der Waals surface area contributed by atoms with Gasteiger partial charge >= 0.3 is 0 Å². The summed E-state index contributed by atoms with van der Waals surface area (Å²) in [7, 11) is 1.66. The zero-order valence-corrected chi connectivity index (χ0v) is 10.8. The molecule has 1 atom stereocenters. The highest BCUT2D eigenvalue weighted by Crippen LogP contribution is 2.26. The van der Waals surface area contributed by atoms with Gasteiger partial charge in [-0.05, 0) is 35.9 Å². The summed E-state index contributed by atoms with van der Waals surface area (Å²) in [4.78, 5) is 0. The molecule has 2 rings (SSSR count). The summed E-state index contributed by atoms with van der Waals surface area (Å²) in [6, 6.07) is 5.80. The van der Waals surface area contributed by atoms with Gasteiger partial charge in [0.05, 0.1) is 12.6 Å². The van der Waals surface area contributed by atoms with E-state index in [0.717, 1.165) is 16.8 Å². The average Bonchev–Trinajstić information content (AvgIpc) is 2.82. The Labute approximate surface area is 106 Å². The Morgan fingerprint density at radius 1 is 1.44 bits per heavy atom. The summed E-state index contributed by atoms with van der Waals surface area (Å²) in [6.07, 6.45) is 0. The van der Waals surface area contributed by atoms with Gasteiger partial charge in [0.1, 0.15) is 0 Å². The molecule has 0 bridgehead atoms. The van der Waals surface area contributed by atoms with E-state index in [4.69, 9.17) is 10.5 Å². The molecule has 6 nitrogen and oxygen atoms in total. The van der Waals surface area contributed by atoms with E-state index in [1.807, 2.05) is 32.0 Å². The molecule has 1 aromatic carbocycles. The van der Waals surface area contributed by atoms with Crippen LogP contribution in [-0.2, 0) is 4.74 Å². The first kappa shape index (κ1) is 12.5. The summed E-state index contributed by atoms with van der Waals surface area (Å²) < 4.78 is 6.89. The zero-order valence-electron chi connectivity index (χ0n) is 10.8. The molecule has 96 valence electrons. The fourth-order valence-corrected chi connectivity index (χ4v) is 1.88. The molecule has 0 saturated heterocycles. The number of tetrazole rings is 1. The lowest BCUT2D eigenvalue weighted by molar-refractivity contribution is 0.156. The number of anilines is 1. The van der Waals surface area contributed by atoms with Crippen molar-refractivity contribution in [2.24, 2.45) is 0 Å². The molecule has 1 heterocycles. The first-order chi connectivity index (χ1) is 8.65. The predicted octanol–water partition coefficient (Wildman–Crippen LogP) is 1.44. The van der Waals surface area contributed by atoms with Crippen LogP contribution in [0, 0.1) is 6.92 Å². The SMILES string of the molecule is COCC(C)n1nnnc1-c1cccc(N)c1C. The molecule has 1 unspecified atom stereocenters. The topological polar surface area (TPSA) is 78.8 Å². The number of aromatic nitrogens is 4. The highest BCUT2D eigenvalue weighted by atomic mass is 16.5. The van der Waals surface area contributed by atoms with Crippen LogP contribution in [0.3, 0.4) is 0 Å². The number of benzene rings is 1. The van der Waals surface area contributed by atoms with E-state index in [1.165, 1.54) is 0 Å². The number of hydrogen-bond donors (Lipinski definition) is 1. The summed E-state index contributed by atoms with van der Waals surface area (Å²) in [5, 5.41) is 11.8. The Balaban J connectivity index is 2.45. The minimum Gasteiger partial charge on any atom is -0.398 e. The highest BCUT2D eigenvalue weighted by molar-refractivity contribution is 5.67. The van der Waals surface area contributed by atoms with Crippen molar-refractivity contribution in [2.75, 3.05) is 19.5 Å². The maximum Gasteiger partial charge on any atom is 0.182 e. The molecule has 0 aliphatic rings. The minimum atomic E-state index is 0.0702. The molecule has 0 aliphatic heterocycles. The molecule has 0 spiro atoms. The van der Waals surface area contributed by atoms with Crippen molar-refractivity contribution in [3.63, 3.8) is 0 Å². The molecule has 0 radical (unpaired) electrons. The normalized spacial score (nSPS) is 12.6. The van der Waals surface area contributed by atoms with E-state index in [-0.39, 0.29) is 6.04 Å². The molecule has 1 aromatic heterocycles. The molecule has 0 amide bonds. The number of nitrogens with two attached hydrogens (primary N) is 1. The molecule has 0 aliphatic carbocycles. The van der Waals surface area contributed by atoms with E-state index in [2.05, 4.69) is 15.5 Å². The van der Waals surface area contributed by atoms with Crippen LogP contribution >= 0.6 is 0 Å². The van der Waals surface area contributed by atoms with Crippen molar-refractivity contribution >= 4 is 5.69 Å². The van der Waals surface area contributed by atoms with Crippen LogP contribution in [0.2, 0.25) is 0 Å². The second-order valence-corrected chi connectivity index (χ2v) is 4.27. The van der Waals surface area contributed by atoms with Gasteiger partial charge in [-0.1, -0.05) is 12.1 Å². The fraction of sp³-hybridized carbons (Fsp3) is 0.417. The minimum absolute atomic E-state index is 0.0702. The standard InChI is InChI=1S/C12H17N5O/c1-8(7-18-3)17-12(14-15-16-17)10-5-4-6-11(13)9(10)2/h4-6,8H,7,13H2,1-3H3. The van der Waals surface area contributed by atoms with Gasteiger partial charge in [-0.2, -0.15) is 0 Å². The predicted molar refractivity (Wildman–Crippen MR) is 69.0 cm³/mol. The second kappa shape index (κ2) is 5.14. The zero-order chi connectivity index (χ0) is 13.1. The molecule has 0 fully saturated rings. The molecule has 6 heteroatoms. The van der Waals surface area contributed by atoms with Crippen molar-refractivity contribution in [1.82, 2.24) is 20.2 Å². The van der Waals surface area contributed by atoms with Crippen molar-refractivity contribution in [3.05, 3.63) is 23.8 Å². The molecular formula is C12H17N5O. The second-order valence-electron chi connectivity index (χ2n) is 4.27. The van der Waals surface area contributed by atoms with E-state index in [1.54, 1.807) is 11.8 Å². The first-order valence-corrected chi connectivity index (χ1v) is 5.77. The average molecular weight is 247 g/mol. The van der Waals surface area contributed by atoms with Gasteiger partial charge in [-0.15, -0.1) is 5.10 Å². The van der Waals surface area contributed by atoms with Gasteiger partial charge in [0.2, 0.25) is 0 Å². The molecule has 18 heavy (non-hydrogen) atoms. The summed E-state index contributed by atoms with van der Waals surface area (Å²) >= 11 is 0. The molecule has 2 N–H and O–H groups in total. The van der Waals surface area contributed by atoms with Gasteiger partial charge in [0.15, 0.2) is 5.82 Å². The van der Waals surface area contributed by atoms with E-state index < -0.39 is 0 Å². The number of nitrogens with zero attached hydrogens (tertiary/aromatic N) is 4. The van der Waals surface area contributed by atoms with Crippen LogP contribution in [0.15, 0.2) is 18.2 Å². The van der Waals surface area contributed by atoms with Crippen molar-refractivity contribution in [1.29, 1.82) is 0 Å². The van der Waals surface area contributed by atoms with Gasteiger partial charge in [-0.3, -0.25) is 0 Å². The number of hydrogen-bond acceptors (Lipinski definition) is 5. The number of rotatable bonds is 4. The third-order valence-electron chi connectivity index (χ3n) is 2.93. The number of ether oxygens (including phenoxy) is 1. The van der Waals surface area contributed by atoms with Crippen LogP contribution in [0.25, 0.3) is 11.4 Å². The van der Waals surface area contributed by atoms with Crippen LogP contribution in [0.4, 0.5) is 5.69 Å². The highest BCUT2D eigenvalue weighted by Gasteiger charge is 2.16. The van der Waals surface area contributed by atoms with Gasteiger partial charge < -0.3 is 10.5 Å². The van der Waals surface area contributed by atoms with E-state index >= 15 is 0 Å². The quantitative estimate of drug-likeness (QED) is 0.827. The van der Waals surface area contributed by atoms with Crippen molar-refractivity contribution in [2.45, 2.75) is 19.9 Å². The Kier molecular flexibility index (Phi) is 3.57. The Hall–Kier alpha value is -1.95. The maximum absolute atomic E-state index is 5.91. The van der Waals surface area contributed by atoms with Crippen LogP contribution in [0.1, 0.15) is 18.5 Å². The third-order valence-corrected chi connectivity index (χ3v) is 2.93. The van der Waals surface area contributed by atoms with Crippen LogP contribution in [-0.4, -0.2) is 33.9 Å². The Bertz CT molecular complexity index is 537. The smallest absolute Gasteiger partial charge is 0.182 e. The van der Waals surface area contributed by atoms with Crippen LogP contribution in [0.5, 0.6) is 0 Å². The lowest BCUT2D eigenvalue weighted by Gasteiger charge is -2.13. The van der Waals surface area contributed by atoms with E-state index in [9.17, 15) is 0 Å². The van der Waals surface area contributed by atoms with Crippen molar-refractivity contribution < 1.29 is 4.74 Å².